The Hall–Kier alpha value is -2.95. The van der Waals surface area contributed by atoms with Crippen LogP contribution in [0.2, 0.25) is 0 Å². The average molecular weight is 338 g/mol. The first-order valence-corrected chi connectivity index (χ1v) is 8.19. The summed E-state index contributed by atoms with van der Waals surface area (Å²) in [6.07, 6.45) is 0.713. The Bertz CT molecular complexity index is 899. The monoisotopic (exact) mass is 338 g/mol. The molecule has 0 aliphatic carbocycles. The number of ether oxygens (including phenoxy) is 2. The summed E-state index contributed by atoms with van der Waals surface area (Å²) in [6, 6.07) is 13.6. The summed E-state index contributed by atoms with van der Waals surface area (Å²) in [5.74, 6) is 1.48. The number of methoxy groups -OCH3 is 2. The highest BCUT2D eigenvalue weighted by molar-refractivity contribution is 5.98. The molecular weight excluding hydrogens is 316 g/mol. The number of hydrogen-bond acceptors (Lipinski definition) is 3. The summed E-state index contributed by atoms with van der Waals surface area (Å²) >= 11 is 0. The Labute approximate surface area is 147 Å². The van der Waals surface area contributed by atoms with Crippen LogP contribution in [-0.2, 0) is 6.42 Å². The Morgan fingerprint density at radius 1 is 1.08 bits per heavy atom. The molecule has 0 unspecified atom stereocenters. The maximum Gasteiger partial charge on any atom is 0.267 e. The van der Waals surface area contributed by atoms with Crippen LogP contribution in [-0.4, -0.2) is 31.7 Å². The Kier molecular flexibility index (Phi) is 4.93. The van der Waals surface area contributed by atoms with Gasteiger partial charge in [0.2, 0.25) is 0 Å². The summed E-state index contributed by atoms with van der Waals surface area (Å²) in [7, 11) is 3.28. The van der Waals surface area contributed by atoms with Crippen LogP contribution < -0.4 is 14.8 Å². The second-order valence-electron chi connectivity index (χ2n) is 5.96. The number of carbonyl (C=O) groups is 1. The van der Waals surface area contributed by atoms with Gasteiger partial charge in [0.15, 0.2) is 0 Å². The van der Waals surface area contributed by atoms with Gasteiger partial charge in [-0.1, -0.05) is 17.7 Å². The fraction of sp³-hybridized carbons (Fsp3) is 0.250. The van der Waals surface area contributed by atoms with E-state index in [2.05, 4.69) is 16.4 Å². The van der Waals surface area contributed by atoms with Crippen molar-refractivity contribution in [2.45, 2.75) is 13.3 Å². The molecule has 0 fully saturated rings. The first-order valence-electron chi connectivity index (χ1n) is 8.19. The Morgan fingerprint density at radius 2 is 1.92 bits per heavy atom. The maximum absolute atomic E-state index is 12.4. The van der Waals surface area contributed by atoms with E-state index in [1.807, 2.05) is 43.3 Å². The molecule has 0 saturated heterocycles. The SMILES string of the molecule is COc1ccc2cc(C(=O)NCCc3cc(C)ccc3OC)[nH]c2c1. The van der Waals surface area contributed by atoms with Crippen molar-refractivity contribution >= 4 is 16.8 Å². The van der Waals surface area contributed by atoms with Gasteiger partial charge in [-0.25, -0.2) is 0 Å². The molecular formula is C20H22N2O3. The summed E-state index contributed by atoms with van der Waals surface area (Å²) in [5, 5.41) is 3.93. The molecule has 2 N–H and O–H groups in total. The first kappa shape index (κ1) is 16.9. The number of aromatic nitrogens is 1. The molecule has 3 rings (SSSR count). The molecule has 0 radical (unpaired) electrons. The average Bonchev–Trinajstić information content (AvgIpc) is 3.05. The van der Waals surface area contributed by atoms with Crippen LogP contribution in [0.15, 0.2) is 42.5 Å². The number of hydrogen-bond donors (Lipinski definition) is 2. The fourth-order valence-electron chi connectivity index (χ4n) is 2.86. The topological polar surface area (TPSA) is 63.4 Å². The predicted octanol–water partition coefficient (Wildman–Crippen LogP) is 3.47. The number of carbonyl (C=O) groups excluding carboxylic acids is 1. The number of rotatable bonds is 6. The van der Waals surface area contributed by atoms with Crippen LogP contribution in [0.4, 0.5) is 0 Å². The van der Waals surface area contributed by atoms with Gasteiger partial charge in [-0.2, -0.15) is 0 Å². The number of nitrogens with one attached hydrogen (secondary N) is 2. The maximum atomic E-state index is 12.4. The zero-order valence-electron chi connectivity index (χ0n) is 14.7. The third-order valence-electron chi connectivity index (χ3n) is 4.19. The van der Waals surface area contributed by atoms with E-state index in [0.717, 1.165) is 28.0 Å². The van der Waals surface area contributed by atoms with Crippen LogP contribution in [0.3, 0.4) is 0 Å². The summed E-state index contributed by atoms with van der Waals surface area (Å²) in [5.41, 5.74) is 3.68. The number of aromatic amines is 1. The third kappa shape index (κ3) is 3.76. The second-order valence-corrected chi connectivity index (χ2v) is 5.96. The van der Waals surface area contributed by atoms with Crippen molar-refractivity contribution in [3.8, 4) is 11.5 Å². The van der Waals surface area contributed by atoms with Crippen LogP contribution in [0.5, 0.6) is 11.5 Å². The molecule has 1 aromatic heterocycles. The molecule has 1 amide bonds. The molecule has 0 spiro atoms. The zero-order valence-corrected chi connectivity index (χ0v) is 14.7. The van der Waals surface area contributed by atoms with Crippen molar-refractivity contribution in [3.63, 3.8) is 0 Å². The molecule has 25 heavy (non-hydrogen) atoms. The molecule has 0 saturated carbocycles. The quantitative estimate of drug-likeness (QED) is 0.723. The normalized spacial score (nSPS) is 10.7. The highest BCUT2D eigenvalue weighted by atomic mass is 16.5. The van der Waals surface area contributed by atoms with E-state index in [1.165, 1.54) is 5.56 Å². The Morgan fingerprint density at radius 3 is 2.68 bits per heavy atom. The van der Waals surface area contributed by atoms with Crippen molar-refractivity contribution in [3.05, 3.63) is 59.3 Å². The molecule has 0 bridgehead atoms. The number of fused-ring (bicyclic) bond motifs is 1. The molecule has 3 aromatic rings. The molecule has 1 heterocycles. The van der Waals surface area contributed by atoms with E-state index in [9.17, 15) is 4.79 Å². The summed E-state index contributed by atoms with van der Waals surface area (Å²) in [6.45, 7) is 2.58. The number of aryl methyl sites for hydroxylation is 1. The van der Waals surface area contributed by atoms with Crippen LogP contribution in [0, 0.1) is 6.92 Å². The number of H-pyrrole nitrogens is 1. The van der Waals surface area contributed by atoms with Gasteiger partial charge in [-0.3, -0.25) is 4.79 Å². The van der Waals surface area contributed by atoms with Crippen molar-refractivity contribution in [1.82, 2.24) is 10.3 Å². The smallest absolute Gasteiger partial charge is 0.267 e. The Balaban J connectivity index is 1.66. The molecule has 5 nitrogen and oxygen atoms in total. The minimum absolute atomic E-state index is 0.123. The lowest BCUT2D eigenvalue weighted by Gasteiger charge is -2.10. The van der Waals surface area contributed by atoms with Gasteiger partial charge in [-0.05, 0) is 43.2 Å². The van der Waals surface area contributed by atoms with E-state index in [1.54, 1.807) is 14.2 Å². The lowest BCUT2D eigenvalue weighted by molar-refractivity contribution is 0.0950. The molecule has 5 heteroatoms. The van der Waals surface area contributed by atoms with E-state index in [-0.39, 0.29) is 5.91 Å². The van der Waals surface area contributed by atoms with Gasteiger partial charge in [0.25, 0.3) is 5.91 Å². The van der Waals surface area contributed by atoms with Crippen LogP contribution in [0.25, 0.3) is 10.9 Å². The van der Waals surface area contributed by atoms with Crippen molar-refractivity contribution < 1.29 is 14.3 Å². The minimum Gasteiger partial charge on any atom is -0.497 e. The van der Waals surface area contributed by atoms with Crippen molar-refractivity contribution in [1.29, 1.82) is 0 Å². The zero-order chi connectivity index (χ0) is 17.8. The first-order chi connectivity index (χ1) is 12.1. The predicted molar refractivity (Wildman–Crippen MR) is 98.6 cm³/mol. The lowest BCUT2D eigenvalue weighted by atomic mass is 10.1. The second kappa shape index (κ2) is 7.30. The van der Waals surface area contributed by atoms with E-state index in [0.29, 0.717) is 18.7 Å². The van der Waals surface area contributed by atoms with Crippen LogP contribution in [0.1, 0.15) is 21.6 Å². The molecule has 0 atom stereocenters. The third-order valence-corrected chi connectivity index (χ3v) is 4.19. The van der Waals surface area contributed by atoms with Crippen molar-refractivity contribution in [2.24, 2.45) is 0 Å². The standard InChI is InChI=1S/C20H22N2O3/c1-13-4-7-19(25-3)15(10-13)8-9-21-20(23)18-11-14-5-6-16(24-2)12-17(14)22-18/h4-7,10-12,22H,8-9H2,1-3H3,(H,21,23). The van der Waals surface area contributed by atoms with Gasteiger partial charge in [-0.15, -0.1) is 0 Å². The van der Waals surface area contributed by atoms with Gasteiger partial charge >= 0.3 is 0 Å². The molecule has 130 valence electrons. The molecule has 0 aliphatic rings. The lowest BCUT2D eigenvalue weighted by Crippen LogP contribution is -2.26. The largest absolute Gasteiger partial charge is 0.497 e. The van der Waals surface area contributed by atoms with Gasteiger partial charge in [0.1, 0.15) is 17.2 Å². The van der Waals surface area contributed by atoms with Gasteiger partial charge in [0, 0.05) is 23.5 Å². The number of amides is 1. The molecule has 2 aromatic carbocycles. The highest BCUT2D eigenvalue weighted by Gasteiger charge is 2.10. The van der Waals surface area contributed by atoms with E-state index in [4.69, 9.17) is 9.47 Å². The fourth-order valence-corrected chi connectivity index (χ4v) is 2.86. The molecule has 0 aliphatic heterocycles. The summed E-state index contributed by atoms with van der Waals surface area (Å²) < 4.78 is 10.6. The van der Waals surface area contributed by atoms with E-state index < -0.39 is 0 Å². The summed E-state index contributed by atoms with van der Waals surface area (Å²) in [4.78, 5) is 15.5. The van der Waals surface area contributed by atoms with Crippen molar-refractivity contribution in [2.75, 3.05) is 20.8 Å². The van der Waals surface area contributed by atoms with Gasteiger partial charge < -0.3 is 19.8 Å². The van der Waals surface area contributed by atoms with Crippen LogP contribution >= 0.6 is 0 Å². The van der Waals surface area contributed by atoms with E-state index >= 15 is 0 Å². The number of benzene rings is 2. The van der Waals surface area contributed by atoms with Gasteiger partial charge in [0.05, 0.1) is 14.2 Å². The minimum atomic E-state index is -0.123. The highest BCUT2D eigenvalue weighted by Crippen LogP contribution is 2.22.